The number of ketones is 2. The molecule has 5 nitrogen and oxygen atoms in total. The number of carboxylic acids is 1. The van der Waals surface area contributed by atoms with E-state index in [-0.39, 0.29) is 6.10 Å². The highest BCUT2D eigenvalue weighted by Gasteiger charge is 2.18. The van der Waals surface area contributed by atoms with Crippen LogP contribution in [0.15, 0.2) is 48.5 Å². The molecule has 0 amide bonds. The first-order valence-electron chi connectivity index (χ1n) is 7.99. The van der Waals surface area contributed by atoms with Gasteiger partial charge >= 0.3 is 5.97 Å². The number of aliphatic carboxylic acids is 1. The average molecular weight is 340 g/mol. The number of rotatable bonds is 8. The Morgan fingerprint density at radius 2 is 1.76 bits per heavy atom. The van der Waals surface area contributed by atoms with Gasteiger partial charge in [0.1, 0.15) is 5.75 Å². The Morgan fingerprint density at radius 3 is 2.44 bits per heavy atom. The molecule has 2 rings (SSSR count). The van der Waals surface area contributed by atoms with Crippen LogP contribution in [0.1, 0.15) is 41.8 Å². The Hall–Kier alpha value is -2.95. The van der Waals surface area contributed by atoms with Crippen molar-refractivity contribution in [2.45, 2.75) is 32.8 Å². The van der Waals surface area contributed by atoms with Gasteiger partial charge in [0, 0.05) is 12.0 Å². The molecule has 2 aromatic carbocycles. The van der Waals surface area contributed by atoms with E-state index in [1.165, 1.54) is 0 Å². The van der Waals surface area contributed by atoms with Gasteiger partial charge in [0.15, 0.2) is 5.78 Å². The molecule has 0 atom stereocenters. The predicted molar refractivity (Wildman–Crippen MR) is 93.0 cm³/mol. The maximum absolute atomic E-state index is 12.1. The number of para-hydroxylation sites is 1. The van der Waals surface area contributed by atoms with E-state index in [1.807, 2.05) is 44.2 Å². The second kappa shape index (κ2) is 8.24. The topological polar surface area (TPSA) is 80.7 Å². The van der Waals surface area contributed by atoms with E-state index >= 15 is 0 Å². The predicted octanol–water partition coefficient (Wildman–Crippen LogP) is 3.29. The van der Waals surface area contributed by atoms with Crippen molar-refractivity contribution >= 4 is 17.5 Å². The maximum atomic E-state index is 12.1. The van der Waals surface area contributed by atoms with Gasteiger partial charge in [-0.2, -0.15) is 0 Å². The van der Waals surface area contributed by atoms with Crippen LogP contribution < -0.4 is 4.74 Å². The molecular formula is C20H20O5. The zero-order valence-electron chi connectivity index (χ0n) is 14.2. The molecule has 0 saturated heterocycles. The molecule has 0 radical (unpaired) electrons. The van der Waals surface area contributed by atoms with E-state index in [4.69, 9.17) is 9.84 Å². The van der Waals surface area contributed by atoms with Gasteiger partial charge in [0.2, 0.25) is 5.78 Å². The summed E-state index contributed by atoms with van der Waals surface area (Å²) in [5.41, 5.74) is 2.20. The Balaban J connectivity index is 2.18. The van der Waals surface area contributed by atoms with Gasteiger partial charge in [-0.05, 0) is 37.1 Å². The Bertz CT molecular complexity index is 792. The third-order valence-corrected chi connectivity index (χ3v) is 3.54. The van der Waals surface area contributed by atoms with Gasteiger partial charge in [0.05, 0.1) is 12.5 Å². The van der Waals surface area contributed by atoms with Gasteiger partial charge < -0.3 is 9.84 Å². The van der Waals surface area contributed by atoms with Crippen LogP contribution in [-0.4, -0.2) is 28.7 Å². The summed E-state index contributed by atoms with van der Waals surface area (Å²) in [4.78, 5) is 33.9. The summed E-state index contributed by atoms with van der Waals surface area (Å²) in [5.74, 6) is -2.41. The van der Waals surface area contributed by atoms with Gasteiger partial charge in [0.25, 0.3) is 0 Å². The number of carbonyl (C=O) groups excluding carboxylic acids is 2. The van der Waals surface area contributed by atoms with Crippen LogP contribution in [0.4, 0.5) is 0 Å². The summed E-state index contributed by atoms with van der Waals surface area (Å²) in [5, 5.41) is 8.61. The van der Waals surface area contributed by atoms with Crippen LogP contribution in [0.5, 0.6) is 5.75 Å². The summed E-state index contributed by atoms with van der Waals surface area (Å²) < 4.78 is 5.80. The molecule has 130 valence electrons. The van der Waals surface area contributed by atoms with Crippen molar-refractivity contribution in [1.29, 1.82) is 0 Å². The molecular weight excluding hydrogens is 320 g/mol. The molecule has 5 heteroatoms. The number of benzene rings is 2. The fourth-order valence-corrected chi connectivity index (χ4v) is 2.42. The Morgan fingerprint density at radius 1 is 1.04 bits per heavy atom. The molecule has 1 N–H and O–H groups in total. The third kappa shape index (κ3) is 5.28. The summed E-state index contributed by atoms with van der Waals surface area (Å²) in [6.07, 6.45) is -0.0148. The number of hydrogen-bond donors (Lipinski definition) is 1. The molecule has 0 aliphatic rings. The summed E-state index contributed by atoms with van der Waals surface area (Å²) in [6.45, 7) is 3.91. The highest BCUT2D eigenvalue weighted by Crippen LogP contribution is 2.23. The van der Waals surface area contributed by atoms with E-state index in [9.17, 15) is 14.4 Å². The minimum Gasteiger partial charge on any atom is -0.491 e. The maximum Gasteiger partial charge on any atom is 0.372 e. The van der Waals surface area contributed by atoms with Crippen LogP contribution >= 0.6 is 0 Å². The highest BCUT2D eigenvalue weighted by atomic mass is 16.5. The summed E-state index contributed by atoms with van der Waals surface area (Å²) in [7, 11) is 0. The molecule has 2 aromatic rings. The minimum atomic E-state index is -1.59. The van der Waals surface area contributed by atoms with Crippen molar-refractivity contribution in [2.24, 2.45) is 0 Å². The van der Waals surface area contributed by atoms with Crippen LogP contribution in [0.2, 0.25) is 0 Å². The Labute approximate surface area is 146 Å². The van der Waals surface area contributed by atoms with E-state index in [2.05, 4.69) is 0 Å². The van der Waals surface area contributed by atoms with Crippen molar-refractivity contribution in [1.82, 2.24) is 0 Å². The monoisotopic (exact) mass is 340 g/mol. The van der Waals surface area contributed by atoms with Gasteiger partial charge in [-0.25, -0.2) is 4.79 Å². The molecule has 0 saturated carbocycles. The van der Waals surface area contributed by atoms with E-state index in [0.29, 0.717) is 12.0 Å². The molecule has 0 fully saturated rings. The lowest BCUT2D eigenvalue weighted by atomic mass is 9.99. The normalized spacial score (nSPS) is 10.5. The number of carboxylic acid groups (broad SMARTS) is 1. The molecule has 0 aliphatic heterocycles. The SMILES string of the molecule is CC(C)Oc1ccccc1Cc1cccc(C(=O)CC(=O)C(=O)O)c1. The third-order valence-electron chi connectivity index (χ3n) is 3.54. The second-order valence-corrected chi connectivity index (χ2v) is 5.98. The van der Waals surface area contributed by atoms with E-state index in [1.54, 1.807) is 18.2 Å². The number of ether oxygens (including phenoxy) is 1. The summed E-state index contributed by atoms with van der Waals surface area (Å²) in [6, 6.07) is 14.5. The molecule has 0 bridgehead atoms. The summed E-state index contributed by atoms with van der Waals surface area (Å²) >= 11 is 0. The van der Waals surface area contributed by atoms with E-state index < -0.39 is 24.0 Å². The van der Waals surface area contributed by atoms with Gasteiger partial charge in [-0.1, -0.05) is 36.4 Å². The van der Waals surface area contributed by atoms with Crippen LogP contribution in [-0.2, 0) is 16.0 Å². The average Bonchev–Trinajstić information content (AvgIpc) is 2.56. The molecule has 0 aliphatic carbocycles. The standard InChI is InChI=1S/C20H20O5/c1-13(2)25-19-9-4-3-7-16(19)11-14-6-5-8-15(10-14)17(21)12-18(22)20(23)24/h3-10,13H,11-12H2,1-2H3,(H,23,24). The van der Waals surface area contributed by atoms with Gasteiger partial charge in [-0.15, -0.1) is 0 Å². The number of carbonyl (C=O) groups is 3. The van der Waals surface area contributed by atoms with Crippen molar-refractivity contribution in [3.8, 4) is 5.75 Å². The zero-order valence-corrected chi connectivity index (χ0v) is 14.2. The molecule has 25 heavy (non-hydrogen) atoms. The van der Waals surface area contributed by atoms with Crippen LogP contribution in [0, 0.1) is 0 Å². The van der Waals surface area contributed by atoms with Crippen LogP contribution in [0.25, 0.3) is 0 Å². The first-order chi connectivity index (χ1) is 11.9. The van der Waals surface area contributed by atoms with Crippen molar-refractivity contribution < 1.29 is 24.2 Å². The second-order valence-electron chi connectivity index (χ2n) is 5.98. The van der Waals surface area contributed by atoms with Gasteiger partial charge in [-0.3, -0.25) is 9.59 Å². The largest absolute Gasteiger partial charge is 0.491 e. The highest BCUT2D eigenvalue weighted by molar-refractivity contribution is 6.37. The fraction of sp³-hybridized carbons (Fsp3) is 0.250. The lowest BCUT2D eigenvalue weighted by Crippen LogP contribution is -2.17. The molecule has 0 spiro atoms. The first kappa shape index (κ1) is 18.4. The quantitative estimate of drug-likeness (QED) is 0.453. The first-order valence-corrected chi connectivity index (χ1v) is 7.99. The number of hydrogen-bond acceptors (Lipinski definition) is 4. The lowest BCUT2D eigenvalue weighted by Gasteiger charge is -2.14. The van der Waals surface area contributed by atoms with Crippen LogP contribution in [0.3, 0.4) is 0 Å². The number of Topliss-reactive ketones (excluding diaryl/α,β-unsaturated/α-hetero) is 2. The molecule has 0 unspecified atom stereocenters. The van der Waals surface area contributed by atoms with Crippen molar-refractivity contribution in [2.75, 3.05) is 0 Å². The zero-order chi connectivity index (χ0) is 18.4. The fourth-order valence-electron chi connectivity index (χ4n) is 2.42. The van der Waals surface area contributed by atoms with Crippen molar-refractivity contribution in [3.63, 3.8) is 0 Å². The van der Waals surface area contributed by atoms with Crippen molar-refractivity contribution in [3.05, 3.63) is 65.2 Å². The smallest absolute Gasteiger partial charge is 0.372 e. The lowest BCUT2D eigenvalue weighted by molar-refractivity contribution is -0.148. The van der Waals surface area contributed by atoms with E-state index in [0.717, 1.165) is 16.9 Å². The Kier molecular flexibility index (Phi) is 6.06. The molecule has 0 aromatic heterocycles. The minimum absolute atomic E-state index is 0.0519. The molecule has 0 heterocycles.